The van der Waals surface area contributed by atoms with E-state index in [0.29, 0.717) is 16.1 Å². The van der Waals surface area contributed by atoms with Gasteiger partial charge in [0.2, 0.25) is 0 Å². The first-order valence-electron chi connectivity index (χ1n) is 6.17. The van der Waals surface area contributed by atoms with Crippen molar-refractivity contribution in [3.05, 3.63) is 69.2 Å². The largest absolute Gasteiger partial charge is 0.293 e. The van der Waals surface area contributed by atoms with Crippen molar-refractivity contribution in [2.24, 2.45) is 5.92 Å². The Bertz CT molecular complexity index is 761. The number of hydrogen-bond donors (Lipinski definition) is 0. The smallest absolute Gasteiger partial charge is 0.182 e. The number of halogens is 2. The summed E-state index contributed by atoms with van der Waals surface area (Å²) >= 11 is 11.7. The summed E-state index contributed by atoms with van der Waals surface area (Å²) in [4.78, 5) is 37.0. The molecule has 0 unspecified atom stereocenters. The van der Waals surface area contributed by atoms with Gasteiger partial charge in [-0.3, -0.25) is 14.4 Å². The summed E-state index contributed by atoms with van der Waals surface area (Å²) in [6, 6.07) is 10.7. The second kappa shape index (κ2) is 5.10. The van der Waals surface area contributed by atoms with Crippen LogP contribution < -0.4 is 0 Å². The van der Waals surface area contributed by atoms with Gasteiger partial charge in [-0.15, -0.1) is 0 Å². The number of rotatable bonds is 2. The fourth-order valence-electron chi connectivity index (χ4n) is 2.40. The summed E-state index contributed by atoms with van der Waals surface area (Å²) in [5, 5.41) is 0.513. The topological polar surface area (TPSA) is 51.2 Å². The molecule has 0 saturated carbocycles. The van der Waals surface area contributed by atoms with Crippen molar-refractivity contribution >= 4 is 40.6 Å². The van der Waals surface area contributed by atoms with E-state index in [1.807, 2.05) is 0 Å². The Morgan fingerprint density at radius 2 is 1.43 bits per heavy atom. The Kier molecular flexibility index (Phi) is 3.40. The molecule has 0 aliphatic heterocycles. The Balaban J connectivity index is 2.02. The SMILES string of the molecule is O=C(c1ccc(Cl)c(Cl)c1)C1C(=O)c2ccccc2C1=O. The highest BCUT2D eigenvalue weighted by Gasteiger charge is 2.43. The first kappa shape index (κ1) is 14.0. The summed E-state index contributed by atoms with van der Waals surface area (Å²) < 4.78 is 0. The number of benzene rings is 2. The van der Waals surface area contributed by atoms with Gasteiger partial charge < -0.3 is 0 Å². The van der Waals surface area contributed by atoms with E-state index in [1.54, 1.807) is 24.3 Å². The minimum atomic E-state index is -1.32. The molecule has 3 rings (SSSR count). The van der Waals surface area contributed by atoms with Crippen LogP contribution in [0.1, 0.15) is 31.1 Å². The Morgan fingerprint density at radius 3 is 1.95 bits per heavy atom. The summed E-state index contributed by atoms with van der Waals surface area (Å²) in [5.74, 6) is -2.81. The van der Waals surface area contributed by atoms with Crippen LogP contribution in [0.2, 0.25) is 10.0 Å². The molecule has 0 bridgehead atoms. The fraction of sp³-hybridized carbons (Fsp3) is 0.0625. The summed E-state index contributed by atoms with van der Waals surface area (Å²) in [5.41, 5.74) is 0.783. The Morgan fingerprint density at radius 1 is 0.857 bits per heavy atom. The van der Waals surface area contributed by atoms with Gasteiger partial charge in [0.1, 0.15) is 5.92 Å². The third kappa shape index (κ3) is 2.19. The zero-order chi connectivity index (χ0) is 15.1. The van der Waals surface area contributed by atoms with Gasteiger partial charge in [-0.2, -0.15) is 0 Å². The van der Waals surface area contributed by atoms with Crippen LogP contribution in [0.15, 0.2) is 42.5 Å². The van der Waals surface area contributed by atoms with Crippen LogP contribution in [0.4, 0.5) is 0 Å². The molecule has 2 aromatic carbocycles. The summed E-state index contributed by atoms with van der Waals surface area (Å²) in [6.07, 6.45) is 0. The number of ketones is 3. The van der Waals surface area contributed by atoms with Crippen LogP contribution in [0.5, 0.6) is 0 Å². The minimum absolute atomic E-state index is 0.198. The maximum atomic E-state index is 12.5. The average Bonchev–Trinajstić information content (AvgIpc) is 2.74. The van der Waals surface area contributed by atoms with Crippen LogP contribution in [-0.2, 0) is 0 Å². The van der Waals surface area contributed by atoms with Crippen molar-refractivity contribution in [1.29, 1.82) is 0 Å². The summed E-state index contributed by atoms with van der Waals surface area (Å²) in [6.45, 7) is 0. The quantitative estimate of drug-likeness (QED) is 0.624. The second-order valence-electron chi connectivity index (χ2n) is 4.70. The predicted octanol–water partition coefficient (Wildman–Crippen LogP) is 3.87. The highest BCUT2D eigenvalue weighted by Crippen LogP contribution is 2.30. The lowest BCUT2D eigenvalue weighted by atomic mass is 9.93. The fourth-order valence-corrected chi connectivity index (χ4v) is 2.70. The lowest BCUT2D eigenvalue weighted by Crippen LogP contribution is -2.25. The molecular weight excluding hydrogens is 311 g/mol. The molecule has 0 amide bonds. The monoisotopic (exact) mass is 318 g/mol. The molecule has 0 aromatic heterocycles. The van der Waals surface area contributed by atoms with Gasteiger partial charge >= 0.3 is 0 Å². The number of carbonyl (C=O) groups excluding carboxylic acids is 3. The maximum Gasteiger partial charge on any atom is 0.182 e. The second-order valence-corrected chi connectivity index (χ2v) is 5.51. The van der Waals surface area contributed by atoms with Crippen molar-refractivity contribution < 1.29 is 14.4 Å². The van der Waals surface area contributed by atoms with E-state index in [4.69, 9.17) is 23.2 Å². The molecule has 0 fully saturated rings. The van der Waals surface area contributed by atoms with Gasteiger partial charge in [-0.05, 0) is 18.2 Å². The molecular formula is C16H8Cl2O3. The van der Waals surface area contributed by atoms with E-state index in [2.05, 4.69) is 0 Å². The first-order valence-corrected chi connectivity index (χ1v) is 6.93. The van der Waals surface area contributed by atoms with Crippen molar-refractivity contribution in [2.75, 3.05) is 0 Å². The maximum absolute atomic E-state index is 12.5. The normalized spacial score (nSPS) is 14.4. The van der Waals surface area contributed by atoms with Crippen molar-refractivity contribution in [1.82, 2.24) is 0 Å². The van der Waals surface area contributed by atoms with E-state index in [1.165, 1.54) is 18.2 Å². The third-order valence-electron chi connectivity index (χ3n) is 3.45. The van der Waals surface area contributed by atoms with Crippen LogP contribution in [0.25, 0.3) is 0 Å². The molecule has 0 radical (unpaired) electrons. The average molecular weight is 319 g/mol. The molecule has 0 heterocycles. The Labute approximate surface area is 130 Å². The standard InChI is InChI=1S/C16H8Cl2O3/c17-11-6-5-8(7-12(11)18)14(19)13-15(20)9-3-1-2-4-10(9)16(13)21/h1-7,13H. The molecule has 0 N–H and O–H groups in total. The van der Waals surface area contributed by atoms with Crippen LogP contribution in [-0.4, -0.2) is 17.3 Å². The third-order valence-corrected chi connectivity index (χ3v) is 4.19. The van der Waals surface area contributed by atoms with E-state index in [-0.39, 0.29) is 10.6 Å². The van der Waals surface area contributed by atoms with Crippen LogP contribution >= 0.6 is 23.2 Å². The highest BCUT2D eigenvalue weighted by atomic mass is 35.5. The van der Waals surface area contributed by atoms with Gasteiger partial charge in [0.25, 0.3) is 0 Å². The lowest BCUT2D eigenvalue weighted by molar-refractivity contribution is 0.0756. The zero-order valence-corrected chi connectivity index (χ0v) is 12.1. The van der Waals surface area contributed by atoms with Gasteiger partial charge in [-0.1, -0.05) is 47.5 Å². The number of fused-ring (bicyclic) bond motifs is 1. The van der Waals surface area contributed by atoms with Crippen LogP contribution in [0, 0.1) is 5.92 Å². The van der Waals surface area contributed by atoms with Gasteiger partial charge in [0.05, 0.1) is 10.0 Å². The van der Waals surface area contributed by atoms with Gasteiger partial charge in [0, 0.05) is 16.7 Å². The zero-order valence-electron chi connectivity index (χ0n) is 10.6. The molecule has 104 valence electrons. The van der Waals surface area contributed by atoms with Crippen molar-refractivity contribution in [2.45, 2.75) is 0 Å². The highest BCUT2D eigenvalue weighted by molar-refractivity contribution is 6.43. The molecule has 2 aromatic rings. The molecule has 1 aliphatic carbocycles. The number of Topliss-reactive ketones (excluding diaryl/α,β-unsaturated/α-hetero) is 3. The molecule has 5 heteroatoms. The Hall–Kier alpha value is -1.97. The minimum Gasteiger partial charge on any atom is -0.293 e. The van der Waals surface area contributed by atoms with E-state index >= 15 is 0 Å². The molecule has 1 aliphatic rings. The van der Waals surface area contributed by atoms with E-state index in [9.17, 15) is 14.4 Å². The van der Waals surface area contributed by atoms with Gasteiger partial charge in [-0.25, -0.2) is 0 Å². The van der Waals surface area contributed by atoms with Gasteiger partial charge in [0.15, 0.2) is 17.3 Å². The number of hydrogen-bond acceptors (Lipinski definition) is 3. The number of carbonyl (C=O) groups is 3. The summed E-state index contributed by atoms with van der Waals surface area (Å²) in [7, 11) is 0. The van der Waals surface area contributed by atoms with Crippen molar-refractivity contribution in [3.63, 3.8) is 0 Å². The molecule has 0 atom stereocenters. The molecule has 21 heavy (non-hydrogen) atoms. The predicted molar refractivity (Wildman–Crippen MR) is 79.4 cm³/mol. The molecule has 0 spiro atoms. The van der Waals surface area contributed by atoms with E-state index in [0.717, 1.165) is 0 Å². The lowest BCUT2D eigenvalue weighted by Gasteiger charge is -2.07. The molecule has 3 nitrogen and oxygen atoms in total. The molecule has 0 saturated heterocycles. The van der Waals surface area contributed by atoms with Crippen molar-refractivity contribution in [3.8, 4) is 0 Å². The van der Waals surface area contributed by atoms with E-state index < -0.39 is 23.3 Å². The first-order chi connectivity index (χ1) is 10.0. The van der Waals surface area contributed by atoms with Crippen LogP contribution in [0.3, 0.4) is 0 Å².